The zero-order valence-corrected chi connectivity index (χ0v) is 27.4. The Morgan fingerprint density at radius 1 is 0.526 bits per heavy atom. The number of fused-ring (bicyclic) bond motifs is 6. The Kier molecular flexibility index (Phi) is 18.3. The Hall–Kier alpha value is -1.70. The summed E-state index contributed by atoms with van der Waals surface area (Å²) < 4.78 is 0. The van der Waals surface area contributed by atoms with Crippen molar-refractivity contribution in [3.05, 3.63) is 123 Å². The molecule has 6 aromatic rings. The van der Waals surface area contributed by atoms with E-state index in [-0.39, 0.29) is 11.0 Å². The van der Waals surface area contributed by atoms with Gasteiger partial charge in [0.05, 0.1) is 0 Å². The summed E-state index contributed by atoms with van der Waals surface area (Å²) in [6.45, 7) is 11.4. The van der Waals surface area contributed by atoms with Crippen molar-refractivity contribution in [1.29, 1.82) is 0 Å². The third kappa shape index (κ3) is 10.5. The maximum absolute atomic E-state index is 4.93. The smallest absolute Gasteiger partial charge is 0 e. The molecule has 6 aromatic carbocycles. The summed E-state index contributed by atoms with van der Waals surface area (Å²) in [5, 5.41) is 10.8. The monoisotopic (exact) mass is 632 g/mol. The molecule has 0 saturated heterocycles. The van der Waals surface area contributed by atoms with Crippen LogP contribution < -0.4 is 0 Å². The van der Waals surface area contributed by atoms with Crippen LogP contribution in [0.1, 0.15) is 39.5 Å². The number of unbranched alkanes of at least 4 members (excludes halogenated alkanes) is 2. The molecule has 6 rings (SSSR count). The minimum Gasteiger partial charge on any atom is -0.126 e. The van der Waals surface area contributed by atoms with Crippen molar-refractivity contribution in [2.45, 2.75) is 39.5 Å². The van der Waals surface area contributed by atoms with Crippen LogP contribution in [0.4, 0.5) is 0 Å². The number of benzene rings is 4. The standard InChI is InChI=1S/2C13H9.2C4H9.2ClH.Si.Zr/c2*1-3-7-12-10(5-1)9-11-6-2-4-8-13(11)12;2*1-3-4-2;;;;/h2*1-9H;2*1,3-4H2,2H3;2*1H;;/q4*-1;;;;+2/p-2. The van der Waals surface area contributed by atoms with Gasteiger partial charge < -0.3 is 13.8 Å². The van der Waals surface area contributed by atoms with Crippen LogP contribution in [0, 0.1) is 13.8 Å². The molecule has 38 heavy (non-hydrogen) atoms. The van der Waals surface area contributed by atoms with Crippen molar-refractivity contribution in [3.63, 3.8) is 0 Å². The fourth-order valence-corrected chi connectivity index (χ4v) is 3.81. The Labute approximate surface area is 252 Å². The van der Waals surface area contributed by atoms with E-state index in [1.54, 1.807) is 0 Å². The van der Waals surface area contributed by atoms with Gasteiger partial charge >= 0.3 is 37.9 Å². The van der Waals surface area contributed by atoms with Gasteiger partial charge in [0.1, 0.15) is 0 Å². The molecule has 4 radical (unpaired) electrons. The summed E-state index contributed by atoms with van der Waals surface area (Å²) in [4.78, 5) is 0. The second-order valence-corrected chi connectivity index (χ2v) is 12.1. The predicted octanol–water partition coefficient (Wildman–Crippen LogP) is 11.7. The van der Waals surface area contributed by atoms with E-state index in [2.05, 4.69) is 137 Å². The third-order valence-electron chi connectivity index (χ3n) is 5.75. The Morgan fingerprint density at radius 3 is 0.895 bits per heavy atom. The van der Waals surface area contributed by atoms with Gasteiger partial charge in [-0.2, -0.15) is 12.8 Å². The fraction of sp³-hybridized carbons (Fsp3) is 0.176. The quantitative estimate of drug-likeness (QED) is 0.131. The topological polar surface area (TPSA) is 0 Å². The van der Waals surface area contributed by atoms with Crippen LogP contribution in [0.15, 0.2) is 109 Å². The molecule has 0 spiro atoms. The van der Waals surface area contributed by atoms with E-state index in [0.717, 1.165) is 12.8 Å². The zero-order chi connectivity index (χ0) is 26.9. The molecule has 0 heterocycles. The molecule has 0 aliphatic rings. The van der Waals surface area contributed by atoms with E-state index >= 15 is 0 Å². The number of hydrogen-bond acceptors (Lipinski definition) is 0. The molecular weight excluding hydrogens is 599 g/mol. The van der Waals surface area contributed by atoms with Gasteiger partial charge in [0, 0.05) is 11.0 Å². The maximum Gasteiger partial charge on any atom is 0 e. The number of rotatable bonds is 2. The fourth-order valence-electron chi connectivity index (χ4n) is 3.81. The molecular formula is C34H36Cl2SiZr-4. The Bertz CT molecular complexity index is 1220. The molecule has 0 saturated carbocycles. The molecule has 0 aliphatic heterocycles. The third-order valence-corrected chi connectivity index (χ3v) is 5.75. The van der Waals surface area contributed by atoms with Crippen LogP contribution in [0.2, 0.25) is 0 Å². The number of hydrogen-bond donors (Lipinski definition) is 0. The average molecular weight is 635 g/mol. The van der Waals surface area contributed by atoms with E-state index in [1.807, 2.05) is 0 Å². The first kappa shape index (κ1) is 34.3. The van der Waals surface area contributed by atoms with Crippen molar-refractivity contribution in [2.24, 2.45) is 0 Å². The average Bonchev–Trinajstić information content (AvgIpc) is 3.52. The second kappa shape index (κ2) is 20.2. The van der Waals surface area contributed by atoms with Crippen molar-refractivity contribution in [3.8, 4) is 0 Å². The van der Waals surface area contributed by atoms with Crippen LogP contribution in [-0.4, -0.2) is 11.0 Å². The molecule has 0 atom stereocenters. The molecule has 198 valence electrons. The zero-order valence-electron chi connectivity index (χ0n) is 22.4. The molecule has 0 nitrogen and oxygen atoms in total. The van der Waals surface area contributed by atoms with E-state index in [0.29, 0.717) is 0 Å². The summed E-state index contributed by atoms with van der Waals surface area (Å²) in [5.41, 5.74) is 0. The number of halogens is 2. The van der Waals surface area contributed by atoms with Gasteiger partial charge in [-0.3, -0.25) is 0 Å². The van der Waals surface area contributed by atoms with Crippen molar-refractivity contribution in [1.82, 2.24) is 0 Å². The van der Waals surface area contributed by atoms with Gasteiger partial charge in [-0.15, -0.1) is 79.5 Å². The van der Waals surface area contributed by atoms with Crippen LogP contribution in [0.3, 0.4) is 0 Å². The summed E-state index contributed by atoms with van der Waals surface area (Å²) in [6.07, 6.45) is 4.56. The van der Waals surface area contributed by atoms with Crippen LogP contribution in [0.25, 0.3) is 43.1 Å². The molecule has 0 aliphatic carbocycles. The van der Waals surface area contributed by atoms with Gasteiger partial charge in [-0.05, 0) is 0 Å². The van der Waals surface area contributed by atoms with Crippen LogP contribution >= 0.6 is 17.0 Å². The van der Waals surface area contributed by atoms with Gasteiger partial charge in [-0.1, -0.05) is 99.5 Å². The second-order valence-electron chi connectivity index (χ2n) is 8.42. The van der Waals surface area contributed by atoms with Crippen LogP contribution in [-0.2, 0) is 20.8 Å². The van der Waals surface area contributed by atoms with E-state index < -0.39 is 20.8 Å². The summed E-state index contributed by atoms with van der Waals surface area (Å²) >= 11 is -0.826. The first-order chi connectivity index (χ1) is 18.1. The molecule has 4 heteroatoms. The molecule has 0 aromatic heterocycles. The Balaban J connectivity index is 0.000000272. The predicted molar refractivity (Wildman–Crippen MR) is 172 cm³/mol. The largest absolute Gasteiger partial charge is 0.126 e. The van der Waals surface area contributed by atoms with E-state index in [1.165, 1.54) is 55.9 Å². The maximum atomic E-state index is 4.93. The van der Waals surface area contributed by atoms with E-state index in [9.17, 15) is 0 Å². The first-order valence-corrected chi connectivity index (χ1v) is 19.1. The minimum absolute atomic E-state index is 0. The molecule has 0 bridgehead atoms. The summed E-state index contributed by atoms with van der Waals surface area (Å²) in [5.74, 6) is 0. The van der Waals surface area contributed by atoms with E-state index in [4.69, 9.17) is 17.0 Å². The minimum atomic E-state index is -0.826. The molecule has 0 N–H and O–H groups in total. The van der Waals surface area contributed by atoms with Gasteiger partial charge in [0.2, 0.25) is 0 Å². The van der Waals surface area contributed by atoms with Crippen molar-refractivity contribution in [2.75, 3.05) is 0 Å². The summed E-state index contributed by atoms with van der Waals surface area (Å²) in [6, 6.07) is 38.5. The molecule has 0 unspecified atom stereocenters. The van der Waals surface area contributed by atoms with Crippen LogP contribution in [0.5, 0.6) is 0 Å². The Morgan fingerprint density at radius 2 is 0.711 bits per heavy atom. The first-order valence-electron chi connectivity index (χ1n) is 12.8. The van der Waals surface area contributed by atoms with Crippen molar-refractivity contribution < 1.29 is 20.8 Å². The van der Waals surface area contributed by atoms with Gasteiger partial charge in [0.15, 0.2) is 0 Å². The summed E-state index contributed by atoms with van der Waals surface area (Å²) in [7, 11) is 9.87. The normalized spacial score (nSPS) is 9.53. The molecule has 0 amide bonds. The SMILES string of the molecule is [CH2-]CCC.[CH2-]CCC.[Cl][Zr][Cl].[Si].c1ccc2c(c1)[cH-]c1ccccc12.c1ccc2c(c1)[cH-]c1ccccc12. The molecule has 0 fully saturated rings. The van der Waals surface area contributed by atoms with Crippen molar-refractivity contribution >= 4 is 71.1 Å². The van der Waals surface area contributed by atoms with Gasteiger partial charge in [0.25, 0.3) is 0 Å². The van der Waals surface area contributed by atoms with Gasteiger partial charge in [-0.25, -0.2) is 0 Å².